The molecule has 2 heterocycles. The minimum atomic E-state index is 0.548. The lowest BCUT2D eigenvalue weighted by atomic mass is 10.1. The van der Waals surface area contributed by atoms with Crippen LogP contribution in [0.2, 0.25) is 0 Å². The molecule has 0 aromatic carbocycles. The van der Waals surface area contributed by atoms with Crippen molar-refractivity contribution in [3.05, 3.63) is 15.6 Å². The predicted molar refractivity (Wildman–Crippen MR) is 97.2 cm³/mol. The number of rotatable bonds is 5. The number of nitrogens with zero attached hydrogens (tertiary/aromatic N) is 3. The Morgan fingerprint density at radius 2 is 2.00 bits per heavy atom. The van der Waals surface area contributed by atoms with Crippen LogP contribution >= 0.6 is 11.3 Å². The van der Waals surface area contributed by atoms with Crippen molar-refractivity contribution in [2.45, 2.75) is 65.1 Å². The van der Waals surface area contributed by atoms with E-state index in [0.29, 0.717) is 12.6 Å². The Morgan fingerprint density at radius 1 is 1.26 bits per heavy atom. The van der Waals surface area contributed by atoms with Crippen LogP contribution < -0.4 is 10.6 Å². The van der Waals surface area contributed by atoms with Gasteiger partial charge in [-0.05, 0) is 46.5 Å². The smallest absolute Gasteiger partial charge is 0.191 e. The van der Waals surface area contributed by atoms with E-state index >= 15 is 0 Å². The van der Waals surface area contributed by atoms with Crippen molar-refractivity contribution in [3.63, 3.8) is 0 Å². The second-order valence-electron chi connectivity index (χ2n) is 6.62. The lowest BCUT2D eigenvalue weighted by Crippen LogP contribution is -2.49. The first kappa shape index (κ1) is 16.7. The molecule has 0 amide bonds. The Balaban J connectivity index is 1.53. The standard InChI is InChI=1S/C17H29N5S/c1-4-18-17(19-11-16-12(2)20-13(3)23-16)21-14-7-9-22(10-8-14)15-5-6-15/h14-15H,4-11H2,1-3H3,(H2,18,19,21). The molecule has 2 aliphatic rings. The maximum atomic E-state index is 4.77. The summed E-state index contributed by atoms with van der Waals surface area (Å²) in [5.74, 6) is 0.947. The van der Waals surface area contributed by atoms with E-state index in [1.807, 2.05) is 0 Å². The molecule has 3 rings (SSSR count). The van der Waals surface area contributed by atoms with Crippen LogP contribution in [0.15, 0.2) is 4.99 Å². The van der Waals surface area contributed by atoms with Crippen molar-refractivity contribution >= 4 is 17.3 Å². The van der Waals surface area contributed by atoms with Crippen molar-refractivity contribution < 1.29 is 0 Å². The van der Waals surface area contributed by atoms with Gasteiger partial charge in [-0.15, -0.1) is 11.3 Å². The number of nitrogens with one attached hydrogen (secondary N) is 2. The first-order valence-corrected chi connectivity index (χ1v) is 9.69. The molecule has 1 saturated heterocycles. The lowest BCUT2D eigenvalue weighted by molar-refractivity contribution is 0.197. The summed E-state index contributed by atoms with van der Waals surface area (Å²) in [6.45, 7) is 10.3. The first-order chi connectivity index (χ1) is 11.2. The summed E-state index contributed by atoms with van der Waals surface area (Å²) in [4.78, 5) is 13.2. The third-order valence-corrected chi connectivity index (χ3v) is 5.72. The largest absolute Gasteiger partial charge is 0.357 e. The molecular weight excluding hydrogens is 306 g/mol. The Hall–Kier alpha value is -1.14. The maximum absolute atomic E-state index is 4.77. The Bertz CT molecular complexity index is 541. The molecule has 1 saturated carbocycles. The number of aryl methyl sites for hydroxylation is 2. The first-order valence-electron chi connectivity index (χ1n) is 8.87. The van der Waals surface area contributed by atoms with Gasteiger partial charge >= 0.3 is 0 Å². The summed E-state index contributed by atoms with van der Waals surface area (Å²) < 4.78 is 0. The Morgan fingerprint density at radius 3 is 2.57 bits per heavy atom. The van der Waals surface area contributed by atoms with Gasteiger partial charge in [0.15, 0.2) is 5.96 Å². The molecule has 2 N–H and O–H groups in total. The normalized spacial score (nSPS) is 20.7. The topological polar surface area (TPSA) is 52.6 Å². The van der Waals surface area contributed by atoms with Crippen molar-refractivity contribution in [3.8, 4) is 0 Å². The number of likely N-dealkylation sites (tertiary alicyclic amines) is 1. The second-order valence-corrected chi connectivity index (χ2v) is 7.91. The number of aliphatic imine (C=N–C) groups is 1. The summed E-state index contributed by atoms with van der Waals surface area (Å²) in [6, 6.07) is 1.45. The molecule has 0 unspecified atom stereocenters. The van der Waals surface area contributed by atoms with Crippen LogP contribution in [-0.2, 0) is 6.54 Å². The highest BCUT2D eigenvalue weighted by Crippen LogP contribution is 2.29. The van der Waals surface area contributed by atoms with Crippen molar-refractivity contribution in [1.29, 1.82) is 0 Å². The number of hydrogen-bond acceptors (Lipinski definition) is 4. The molecule has 1 aromatic rings. The molecule has 2 fully saturated rings. The van der Waals surface area contributed by atoms with Gasteiger partial charge in [-0.25, -0.2) is 9.98 Å². The van der Waals surface area contributed by atoms with Gasteiger partial charge in [0.2, 0.25) is 0 Å². The van der Waals surface area contributed by atoms with Crippen LogP contribution in [0.5, 0.6) is 0 Å². The van der Waals surface area contributed by atoms with Crippen LogP contribution in [0.4, 0.5) is 0 Å². The van der Waals surface area contributed by atoms with Crippen LogP contribution in [-0.4, -0.2) is 47.6 Å². The quantitative estimate of drug-likeness (QED) is 0.641. The van der Waals surface area contributed by atoms with Gasteiger partial charge in [0.25, 0.3) is 0 Å². The molecule has 0 radical (unpaired) electrons. The van der Waals surface area contributed by atoms with Gasteiger partial charge in [-0.3, -0.25) is 0 Å². The average molecular weight is 336 g/mol. The Labute approximate surface area is 143 Å². The zero-order chi connectivity index (χ0) is 16.2. The minimum absolute atomic E-state index is 0.548. The van der Waals surface area contributed by atoms with E-state index in [1.54, 1.807) is 11.3 Å². The molecule has 6 heteroatoms. The molecule has 23 heavy (non-hydrogen) atoms. The fraction of sp³-hybridized carbons (Fsp3) is 0.765. The highest BCUT2D eigenvalue weighted by molar-refractivity contribution is 7.11. The van der Waals surface area contributed by atoms with E-state index in [9.17, 15) is 0 Å². The molecule has 1 aliphatic heterocycles. The molecule has 1 aromatic heterocycles. The Kier molecular flexibility index (Phi) is 5.54. The summed E-state index contributed by atoms with van der Waals surface area (Å²) in [5, 5.41) is 8.14. The number of aromatic nitrogens is 1. The fourth-order valence-electron chi connectivity index (χ4n) is 3.23. The number of guanidine groups is 1. The third kappa shape index (κ3) is 4.67. The summed E-state index contributed by atoms with van der Waals surface area (Å²) in [7, 11) is 0. The van der Waals surface area contributed by atoms with E-state index < -0.39 is 0 Å². The van der Waals surface area contributed by atoms with E-state index in [-0.39, 0.29) is 0 Å². The monoisotopic (exact) mass is 335 g/mol. The summed E-state index contributed by atoms with van der Waals surface area (Å²) in [6.07, 6.45) is 5.27. The van der Waals surface area contributed by atoms with Gasteiger partial charge in [0, 0.05) is 36.6 Å². The van der Waals surface area contributed by atoms with E-state index in [0.717, 1.165) is 29.2 Å². The van der Waals surface area contributed by atoms with E-state index in [1.165, 1.54) is 43.6 Å². The van der Waals surface area contributed by atoms with E-state index in [2.05, 4.69) is 41.3 Å². The SMILES string of the molecule is CCNC(=NCc1sc(C)nc1C)NC1CCN(C2CC2)CC1. The molecule has 1 aliphatic carbocycles. The molecule has 5 nitrogen and oxygen atoms in total. The van der Waals surface area contributed by atoms with Gasteiger partial charge in [-0.1, -0.05) is 0 Å². The molecule has 0 spiro atoms. The summed E-state index contributed by atoms with van der Waals surface area (Å²) in [5.41, 5.74) is 1.12. The fourth-order valence-corrected chi connectivity index (χ4v) is 4.09. The van der Waals surface area contributed by atoms with Crippen LogP contribution in [0.25, 0.3) is 0 Å². The zero-order valence-corrected chi connectivity index (χ0v) is 15.4. The molecule has 0 atom stereocenters. The second kappa shape index (κ2) is 7.62. The van der Waals surface area contributed by atoms with Gasteiger partial charge in [0.1, 0.15) is 0 Å². The molecular formula is C17H29N5S. The lowest BCUT2D eigenvalue weighted by Gasteiger charge is -2.33. The highest BCUT2D eigenvalue weighted by atomic mass is 32.1. The van der Waals surface area contributed by atoms with Crippen LogP contribution in [0, 0.1) is 13.8 Å². The number of thiazole rings is 1. The minimum Gasteiger partial charge on any atom is -0.357 e. The molecule has 0 bridgehead atoms. The predicted octanol–water partition coefficient (Wildman–Crippen LogP) is 2.44. The van der Waals surface area contributed by atoms with Crippen LogP contribution in [0.3, 0.4) is 0 Å². The third-order valence-electron chi connectivity index (χ3n) is 4.66. The summed E-state index contributed by atoms with van der Waals surface area (Å²) >= 11 is 1.75. The van der Waals surface area contributed by atoms with Crippen molar-refractivity contribution in [2.75, 3.05) is 19.6 Å². The van der Waals surface area contributed by atoms with Crippen molar-refractivity contribution in [1.82, 2.24) is 20.5 Å². The highest BCUT2D eigenvalue weighted by Gasteiger charge is 2.31. The van der Waals surface area contributed by atoms with Gasteiger partial charge in [-0.2, -0.15) is 0 Å². The van der Waals surface area contributed by atoms with Crippen LogP contribution in [0.1, 0.15) is 48.2 Å². The van der Waals surface area contributed by atoms with E-state index in [4.69, 9.17) is 4.99 Å². The van der Waals surface area contributed by atoms with Crippen molar-refractivity contribution in [2.24, 2.45) is 4.99 Å². The zero-order valence-electron chi connectivity index (χ0n) is 14.6. The number of piperidine rings is 1. The molecule has 128 valence electrons. The maximum Gasteiger partial charge on any atom is 0.191 e. The van der Waals surface area contributed by atoms with Gasteiger partial charge in [0.05, 0.1) is 17.2 Å². The average Bonchev–Trinajstić information content (AvgIpc) is 3.32. The van der Waals surface area contributed by atoms with Gasteiger partial charge < -0.3 is 15.5 Å². The number of hydrogen-bond donors (Lipinski definition) is 2.